The molecule has 1 unspecified atom stereocenters. The predicted molar refractivity (Wildman–Crippen MR) is 79.2 cm³/mol. The summed E-state index contributed by atoms with van der Waals surface area (Å²) in [7, 11) is -2.77. The van der Waals surface area contributed by atoms with Crippen LogP contribution in [-0.2, 0) is 19.6 Å². The maximum absolute atomic E-state index is 12.1. The molecule has 0 aromatic heterocycles. The number of hydrogen-bond donors (Lipinski definition) is 2. The van der Waals surface area contributed by atoms with E-state index in [1.165, 1.54) is 32.2 Å². The van der Waals surface area contributed by atoms with Crippen LogP contribution in [0, 0.1) is 11.8 Å². The summed E-state index contributed by atoms with van der Waals surface area (Å²) in [5.74, 6) is 4.69. The fraction of sp³-hybridized carbons (Fsp3) is 0.308. The molecule has 6 nitrogen and oxygen atoms in total. The lowest BCUT2D eigenvalue weighted by Gasteiger charge is -2.13. The van der Waals surface area contributed by atoms with E-state index in [-0.39, 0.29) is 16.5 Å². The van der Waals surface area contributed by atoms with E-state index in [9.17, 15) is 13.2 Å². The van der Waals surface area contributed by atoms with Crippen molar-refractivity contribution >= 4 is 27.6 Å². The van der Waals surface area contributed by atoms with Gasteiger partial charge >= 0.3 is 5.97 Å². The van der Waals surface area contributed by atoms with E-state index in [0.29, 0.717) is 5.56 Å². The van der Waals surface area contributed by atoms with Crippen molar-refractivity contribution in [2.24, 2.45) is 5.73 Å². The van der Waals surface area contributed by atoms with Crippen LogP contribution in [0.15, 0.2) is 23.1 Å². The number of nitrogens with two attached hydrogens (primary N) is 1. The number of nitrogens with one attached hydrogen (secondary N) is 1. The third-order valence-electron chi connectivity index (χ3n) is 2.44. The fourth-order valence-electron chi connectivity index (χ4n) is 1.47. The number of ether oxygens (including phenoxy) is 1. The molecule has 0 saturated heterocycles. The molecule has 0 heterocycles. The molecule has 1 aromatic rings. The average Bonchev–Trinajstić information content (AvgIpc) is 2.43. The second-order valence-corrected chi connectivity index (χ2v) is 6.11. The lowest BCUT2D eigenvalue weighted by molar-refractivity contribution is -0.142. The second-order valence-electron chi connectivity index (χ2n) is 4.02. The molecule has 21 heavy (non-hydrogen) atoms. The van der Waals surface area contributed by atoms with Gasteiger partial charge in [0.25, 0.3) is 0 Å². The molecule has 114 valence electrons. The zero-order valence-electron chi connectivity index (χ0n) is 11.5. The number of methoxy groups -OCH3 is 1. The largest absolute Gasteiger partial charge is 0.468 e. The zero-order valence-corrected chi connectivity index (χ0v) is 13.1. The molecule has 1 atom stereocenters. The van der Waals surface area contributed by atoms with Gasteiger partial charge in [0, 0.05) is 5.56 Å². The maximum atomic E-state index is 12.1. The monoisotopic (exact) mass is 330 g/mol. The van der Waals surface area contributed by atoms with Crippen molar-refractivity contribution in [1.82, 2.24) is 4.72 Å². The van der Waals surface area contributed by atoms with Crippen LogP contribution in [0.25, 0.3) is 0 Å². The molecule has 0 radical (unpaired) electrons. The Balaban J connectivity index is 3.07. The molecular weight excluding hydrogens is 316 g/mol. The van der Waals surface area contributed by atoms with E-state index >= 15 is 0 Å². The number of sulfonamides is 1. The Kier molecular flexibility index (Phi) is 6.18. The van der Waals surface area contributed by atoms with Crippen LogP contribution in [0.2, 0.25) is 5.02 Å². The average molecular weight is 331 g/mol. The van der Waals surface area contributed by atoms with Crippen LogP contribution in [0.5, 0.6) is 0 Å². The molecule has 0 fully saturated rings. The van der Waals surface area contributed by atoms with Gasteiger partial charge in [0.15, 0.2) is 0 Å². The number of hydrogen-bond acceptors (Lipinski definition) is 5. The molecule has 8 heteroatoms. The third-order valence-corrected chi connectivity index (χ3v) is 4.47. The van der Waals surface area contributed by atoms with E-state index < -0.39 is 22.0 Å². The van der Waals surface area contributed by atoms with E-state index in [0.717, 1.165) is 0 Å². The molecule has 1 aromatic carbocycles. The van der Waals surface area contributed by atoms with Gasteiger partial charge in [-0.05, 0) is 25.1 Å². The molecular formula is C13H15ClN2O4S. The quantitative estimate of drug-likeness (QED) is 0.618. The fourth-order valence-corrected chi connectivity index (χ4v) is 3.21. The smallest absolute Gasteiger partial charge is 0.323 e. The first-order valence-electron chi connectivity index (χ1n) is 5.90. The van der Waals surface area contributed by atoms with Gasteiger partial charge < -0.3 is 10.5 Å². The standard InChI is InChI=1S/C13H15ClN2O4S/c1-9(13(17)20-2)16-21(18,19)12-6-5-10(4-3-7-15)8-11(12)14/h5-6,8-9,16H,7,15H2,1-2H3. The van der Waals surface area contributed by atoms with Crippen molar-refractivity contribution in [1.29, 1.82) is 0 Å². The van der Waals surface area contributed by atoms with Gasteiger partial charge in [-0.1, -0.05) is 23.4 Å². The van der Waals surface area contributed by atoms with Crippen LogP contribution >= 0.6 is 11.6 Å². The molecule has 0 aliphatic carbocycles. The Morgan fingerprint density at radius 1 is 1.52 bits per heavy atom. The summed E-state index contributed by atoms with van der Waals surface area (Å²) in [5.41, 5.74) is 5.80. The van der Waals surface area contributed by atoms with Gasteiger partial charge in [-0.3, -0.25) is 4.79 Å². The Morgan fingerprint density at radius 2 is 2.19 bits per heavy atom. The Bertz CT molecular complexity index is 692. The molecule has 0 aliphatic heterocycles. The van der Waals surface area contributed by atoms with Crippen LogP contribution in [-0.4, -0.2) is 34.1 Å². The summed E-state index contributed by atoms with van der Waals surface area (Å²) in [4.78, 5) is 11.1. The first-order valence-corrected chi connectivity index (χ1v) is 7.76. The zero-order chi connectivity index (χ0) is 16.0. The van der Waals surface area contributed by atoms with Gasteiger partial charge in [-0.15, -0.1) is 0 Å². The summed E-state index contributed by atoms with van der Waals surface area (Å²) in [6.07, 6.45) is 0. The highest BCUT2D eigenvalue weighted by Gasteiger charge is 2.24. The molecule has 0 aliphatic rings. The molecule has 0 bridgehead atoms. The number of esters is 1. The van der Waals surface area contributed by atoms with Crippen molar-refractivity contribution in [3.8, 4) is 11.8 Å². The highest BCUT2D eigenvalue weighted by molar-refractivity contribution is 7.89. The van der Waals surface area contributed by atoms with Crippen molar-refractivity contribution in [3.63, 3.8) is 0 Å². The first kappa shape index (κ1) is 17.5. The van der Waals surface area contributed by atoms with Gasteiger partial charge in [0.1, 0.15) is 10.9 Å². The van der Waals surface area contributed by atoms with Crippen molar-refractivity contribution in [2.45, 2.75) is 17.9 Å². The lowest BCUT2D eigenvalue weighted by Crippen LogP contribution is -2.39. The topological polar surface area (TPSA) is 98.5 Å². The number of carbonyl (C=O) groups is 1. The van der Waals surface area contributed by atoms with Gasteiger partial charge in [-0.25, -0.2) is 8.42 Å². The second kappa shape index (κ2) is 7.43. The van der Waals surface area contributed by atoms with Gasteiger partial charge in [0.05, 0.1) is 18.7 Å². The normalized spacial score (nSPS) is 12.2. The number of rotatable bonds is 4. The van der Waals surface area contributed by atoms with Crippen molar-refractivity contribution in [3.05, 3.63) is 28.8 Å². The van der Waals surface area contributed by atoms with Gasteiger partial charge in [0.2, 0.25) is 10.0 Å². The van der Waals surface area contributed by atoms with Crippen LogP contribution in [0.4, 0.5) is 0 Å². The Hall–Kier alpha value is -1.59. The number of carbonyl (C=O) groups excluding carboxylic acids is 1. The van der Waals surface area contributed by atoms with E-state index in [1.807, 2.05) is 0 Å². The summed E-state index contributed by atoms with van der Waals surface area (Å²) < 4.78 is 30.9. The molecule has 1 rings (SSSR count). The minimum absolute atomic E-state index is 0.00314. The highest BCUT2D eigenvalue weighted by Crippen LogP contribution is 2.22. The molecule has 0 amide bonds. The van der Waals surface area contributed by atoms with Crippen molar-refractivity contribution < 1.29 is 17.9 Å². The van der Waals surface area contributed by atoms with Crippen LogP contribution < -0.4 is 10.5 Å². The Labute approximate surface area is 128 Å². The van der Waals surface area contributed by atoms with Crippen molar-refractivity contribution in [2.75, 3.05) is 13.7 Å². The molecule has 0 saturated carbocycles. The minimum Gasteiger partial charge on any atom is -0.468 e. The highest BCUT2D eigenvalue weighted by atomic mass is 35.5. The van der Waals surface area contributed by atoms with E-state index in [4.69, 9.17) is 17.3 Å². The predicted octanol–water partition coefficient (Wildman–Crippen LogP) is 0.490. The molecule has 0 spiro atoms. The summed E-state index contributed by atoms with van der Waals surface area (Å²) in [6, 6.07) is 3.22. The van der Waals surface area contributed by atoms with E-state index in [2.05, 4.69) is 21.3 Å². The van der Waals surface area contributed by atoms with Gasteiger partial charge in [-0.2, -0.15) is 4.72 Å². The Morgan fingerprint density at radius 3 is 2.71 bits per heavy atom. The SMILES string of the molecule is COC(=O)C(C)NS(=O)(=O)c1ccc(C#CCN)cc1Cl. The summed E-state index contributed by atoms with van der Waals surface area (Å²) in [6.45, 7) is 1.56. The lowest BCUT2D eigenvalue weighted by atomic mass is 10.2. The van der Waals surface area contributed by atoms with E-state index in [1.54, 1.807) is 0 Å². The number of halogens is 1. The summed E-state index contributed by atoms with van der Waals surface area (Å²) in [5, 5.41) is 0.00314. The van der Waals surface area contributed by atoms with Crippen LogP contribution in [0.1, 0.15) is 12.5 Å². The van der Waals surface area contributed by atoms with Crippen LogP contribution in [0.3, 0.4) is 0 Å². The number of benzene rings is 1. The maximum Gasteiger partial charge on any atom is 0.323 e. The minimum atomic E-state index is -3.94. The first-order chi connectivity index (χ1) is 9.81. The molecule has 3 N–H and O–H groups in total. The summed E-state index contributed by atoms with van der Waals surface area (Å²) >= 11 is 5.96. The third kappa shape index (κ3) is 4.72.